The molecule has 4 N–H and O–H groups in total. The number of aliphatic hydroxyl groups excluding tert-OH is 4. The molecule has 0 spiro atoms. The van der Waals surface area contributed by atoms with Crippen LogP contribution in [0.4, 0.5) is 0 Å². The molecule has 0 radical (unpaired) electrons. The van der Waals surface area contributed by atoms with Gasteiger partial charge in [0.15, 0.2) is 6.29 Å². The molecule has 5 atom stereocenters. The van der Waals surface area contributed by atoms with Crippen molar-refractivity contribution >= 4 is 0 Å². The van der Waals surface area contributed by atoms with Crippen LogP contribution in [0.5, 0.6) is 0 Å². The zero-order valence-corrected chi connectivity index (χ0v) is 12.5. The third-order valence-corrected chi connectivity index (χ3v) is 3.05. The van der Waals surface area contributed by atoms with Gasteiger partial charge in [-0.3, -0.25) is 0 Å². The number of hydrogen-bond donors (Lipinski definition) is 4. The molecule has 6 nitrogen and oxygen atoms in total. The van der Waals surface area contributed by atoms with Crippen LogP contribution in [0.15, 0.2) is 12.2 Å². The van der Waals surface area contributed by atoms with Gasteiger partial charge in [-0.1, -0.05) is 17.9 Å². The molecule has 1 fully saturated rings. The number of rotatable bonds is 5. The van der Waals surface area contributed by atoms with E-state index in [1.165, 1.54) is 0 Å². The summed E-state index contributed by atoms with van der Waals surface area (Å²) in [5.41, 5.74) is 0. The van der Waals surface area contributed by atoms with Crippen LogP contribution in [0.25, 0.3) is 0 Å². The number of allylic oxidation sites excluding steroid dienone is 2. The maximum Gasteiger partial charge on any atom is 0.186 e. The van der Waals surface area contributed by atoms with E-state index in [1.54, 1.807) is 6.08 Å². The lowest BCUT2D eigenvalue weighted by molar-refractivity contribution is -0.301. The number of ether oxygens (including phenoxy) is 2. The quantitative estimate of drug-likeness (QED) is 0.391. The molecule has 0 aromatic heterocycles. The minimum atomic E-state index is -1.42. The molecule has 1 heterocycles. The van der Waals surface area contributed by atoms with Crippen molar-refractivity contribution in [3.63, 3.8) is 0 Å². The largest absolute Gasteiger partial charge is 0.394 e. The predicted molar refractivity (Wildman–Crippen MR) is 79.3 cm³/mol. The summed E-state index contributed by atoms with van der Waals surface area (Å²) in [5, 5.41) is 38.0. The van der Waals surface area contributed by atoms with Crippen LogP contribution in [0.3, 0.4) is 0 Å². The third-order valence-electron chi connectivity index (χ3n) is 3.05. The maximum atomic E-state index is 9.75. The Bertz CT molecular complexity index is 464. The minimum absolute atomic E-state index is 0.264. The molecule has 1 aliphatic heterocycles. The second-order valence-corrected chi connectivity index (χ2v) is 4.74. The van der Waals surface area contributed by atoms with Crippen LogP contribution in [0, 0.1) is 23.7 Å². The first-order valence-electron chi connectivity index (χ1n) is 7.13. The van der Waals surface area contributed by atoms with E-state index in [0.29, 0.717) is 12.8 Å². The molecule has 0 unspecified atom stereocenters. The molecular weight excluding hydrogens is 288 g/mol. The Morgan fingerprint density at radius 2 is 1.91 bits per heavy atom. The summed E-state index contributed by atoms with van der Waals surface area (Å²) in [6.07, 6.45) is -1.49. The van der Waals surface area contributed by atoms with Crippen molar-refractivity contribution in [3.05, 3.63) is 12.2 Å². The van der Waals surface area contributed by atoms with Crippen molar-refractivity contribution in [2.75, 3.05) is 13.2 Å². The Morgan fingerprint density at radius 3 is 2.59 bits per heavy atom. The van der Waals surface area contributed by atoms with Crippen molar-refractivity contribution in [3.8, 4) is 23.7 Å². The Hall–Kier alpha value is -1.38. The molecule has 0 aliphatic carbocycles. The molecule has 122 valence electrons. The zero-order valence-electron chi connectivity index (χ0n) is 12.5. The average Bonchev–Trinajstić information content (AvgIpc) is 2.53. The smallest absolute Gasteiger partial charge is 0.186 e. The Morgan fingerprint density at radius 1 is 1.14 bits per heavy atom. The molecule has 1 aliphatic rings. The number of unbranched alkanes of at least 4 members (excludes halogenated alkanes) is 1. The standard InChI is InChI=1S/C16H22O6/c1-2-3-4-5-6-7-8-9-10-21-16-15(20)14(19)13(18)12(11-17)22-16/h2-3,12-20H,8-11H2,1H3/t12-,13-,14+,15-,16-/m1/s1. The molecule has 1 rings (SSSR count). The van der Waals surface area contributed by atoms with Crippen molar-refractivity contribution in [1.29, 1.82) is 0 Å². The number of hydrogen-bond acceptors (Lipinski definition) is 6. The molecule has 0 aromatic carbocycles. The van der Waals surface area contributed by atoms with Crippen LogP contribution in [0.1, 0.15) is 19.8 Å². The monoisotopic (exact) mass is 310 g/mol. The summed E-state index contributed by atoms with van der Waals surface area (Å²) in [4.78, 5) is 0. The van der Waals surface area contributed by atoms with E-state index in [9.17, 15) is 15.3 Å². The van der Waals surface area contributed by atoms with E-state index in [0.717, 1.165) is 0 Å². The van der Waals surface area contributed by atoms with Gasteiger partial charge in [-0.2, -0.15) is 0 Å². The first kappa shape index (κ1) is 18.7. The highest BCUT2D eigenvalue weighted by Gasteiger charge is 2.43. The summed E-state index contributed by atoms with van der Waals surface area (Å²) in [5.74, 6) is 11.0. The summed E-state index contributed by atoms with van der Waals surface area (Å²) < 4.78 is 10.5. The molecule has 0 aromatic rings. The van der Waals surface area contributed by atoms with Gasteiger partial charge in [-0.25, -0.2) is 0 Å². The van der Waals surface area contributed by atoms with Gasteiger partial charge in [0.05, 0.1) is 13.2 Å². The molecule has 0 amide bonds. The van der Waals surface area contributed by atoms with Crippen molar-refractivity contribution in [2.24, 2.45) is 0 Å². The van der Waals surface area contributed by atoms with E-state index in [2.05, 4.69) is 23.7 Å². The van der Waals surface area contributed by atoms with Crippen molar-refractivity contribution in [1.82, 2.24) is 0 Å². The molecular formula is C16H22O6. The van der Waals surface area contributed by atoms with E-state index < -0.39 is 37.3 Å². The third kappa shape index (κ3) is 5.78. The lowest BCUT2D eigenvalue weighted by atomic mass is 9.99. The molecule has 0 bridgehead atoms. The van der Waals surface area contributed by atoms with Gasteiger partial charge in [-0.05, 0) is 31.3 Å². The summed E-state index contributed by atoms with van der Waals surface area (Å²) >= 11 is 0. The lowest BCUT2D eigenvalue weighted by Crippen LogP contribution is -2.59. The summed E-state index contributed by atoms with van der Waals surface area (Å²) in [7, 11) is 0. The molecule has 22 heavy (non-hydrogen) atoms. The Kier molecular flexibility index (Phi) is 8.79. The van der Waals surface area contributed by atoms with Crippen LogP contribution in [-0.2, 0) is 9.47 Å². The Balaban J connectivity index is 2.31. The first-order chi connectivity index (χ1) is 10.6. The van der Waals surface area contributed by atoms with Crippen LogP contribution in [0.2, 0.25) is 0 Å². The normalized spacial score (nSPS) is 31.2. The van der Waals surface area contributed by atoms with Gasteiger partial charge in [0.2, 0.25) is 0 Å². The van der Waals surface area contributed by atoms with Crippen LogP contribution >= 0.6 is 0 Å². The second-order valence-electron chi connectivity index (χ2n) is 4.74. The SMILES string of the molecule is CC=CC#CC#CCCCO[C@@H]1O[C@H](CO)[C@@H](O)[C@H](O)[C@H]1O. The predicted octanol–water partition coefficient (Wildman–Crippen LogP) is -0.834. The van der Waals surface area contributed by atoms with E-state index in [1.807, 2.05) is 13.0 Å². The maximum absolute atomic E-state index is 9.75. The van der Waals surface area contributed by atoms with Gasteiger partial charge in [0, 0.05) is 6.42 Å². The second kappa shape index (κ2) is 10.4. The molecule has 1 saturated heterocycles. The van der Waals surface area contributed by atoms with Gasteiger partial charge < -0.3 is 29.9 Å². The summed E-state index contributed by atoms with van der Waals surface area (Å²) in [6.45, 7) is 1.67. The van der Waals surface area contributed by atoms with Gasteiger partial charge in [0.25, 0.3) is 0 Å². The van der Waals surface area contributed by atoms with E-state index >= 15 is 0 Å². The molecule has 6 heteroatoms. The van der Waals surface area contributed by atoms with E-state index in [-0.39, 0.29) is 6.61 Å². The highest BCUT2D eigenvalue weighted by atomic mass is 16.7. The van der Waals surface area contributed by atoms with Gasteiger partial charge >= 0.3 is 0 Å². The highest BCUT2D eigenvalue weighted by molar-refractivity contribution is 5.30. The van der Waals surface area contributed by atoms with Gasteiger partial charge in [-0.15, -0.1) is 0 Å². The van der Waals surface area contributed by atoms with Crippen molar-refractivity contribution in [2.45, 2.75) is 50.5 Å². The summed E-state index contributed by atoms with van der Waals surface area (Å²) in [6, 6.07) is 0. The fourth-order valence-electron chi connectivity index (χ4n) is 1.83. The minimum Gasteiger partial charge on any atom is -0.394 e. The Labute approximate surface area is 130 Å². The zero-order chi connectivity index (χ0) is 16.4. The van der Waals surface area contributed by atoms with Crippen LogP contribution < -0.4 is 0 Å². The molecule has 0 saturated carbocycles. The fraction of sp³-hybridized carbons (Fsp3) is 0.625. The fourth-order valence-corrected chi connectivity index (χ4v) is 1.83. The topological polar surface area (TPSA) is 99.4 Å². The van der Waals surface area contributed by atoms with E-state index in [4.69, 9.17) is 14.6 Å². The number of aliphatic hydroxyl groups is 4. The average molecular weight is 310 g/mol. The van der Waals surface area contributed by atoms with Gasteiger partial charge in [0.1, 0.15) is 24.4 Å². The first-order valence-corrected chi connectivity index (χ1v) is 7.13. The van der Waals surface area contributed by atoms with Crippen LogP contribution in [-0.4, -0.2) is 64.3 Å². The lowest BCUT2D eigenvalue weighted by Gasteiger charge is -2.39. The van der Waals surface area contributed by atoms with Crippen molar-refractivity contribution < 1.29 is 29.9 Å². The highest BCUT2D eigenvalue weighted by Crippen LogP contribution is 2.21.